The molecular weight excluding hydrogens is 532 g/mol. The number of nitrogens with zero attached hydrogens (tertiary/aromatic N) is 3. The monoisotopic (exact) mass is 586 g/mol. The molecule has 1 aromatic heterocycles. The van der Waals surface area contributed by atoms with Crippen LogP contribution in [0.3, 0.4) is 0 Å². The zero-order valence-electron chi connectivity index (χ0n) is 26.7. The molecule has 2 aromatic rings. The van der Waals surface area contributed by atoms with E-state index in [1.807, 2.05) is 24.3 Å². The van der Waals surface area contributed by atoms with E-state index in [9.17, 15) is 14.4 Å². The van der Waals surface area contributed by atoms with Crippen LogP contribution in [0.2, 0.25) is 0 Å². The van der Waals surface area contributed by atoms with Gasteiger partial charge in [-0.1, -0.05) is 77.3 Å². The number of nitrogens with one attached hydrogen (secondary N) is 1. The van der Waals surface area contributed by atoms with Crippen LogP contribution in [0.25, 0.3) is 0 Å². The van der Waals surface area contributed by atoms with E-state index >= 15 is 0 Å². The maximum Gasteiger partial charge on any atom is 0.349 e. The number of unbranched alkanes of at least 4 members (excludes halogenated alkanes) is 9. The fourth-order valence-corrected chi connectivity index (χ4v) is 4.82. The molecule has 1 aromatic carbocycles. The van der Waals surface area contributed by atoms with E-state index in [-0.39, 0.29) is 17.1 Å². The maximum atomic E-state index is 13.2. The van der Waals surface area contributed by atoms with Gasteiger partial charge in [-0.2, -0.15) is 0 Å². The van der Waals surface area contributed by atoms with Gasteiger partial charge in [0.2, 0.25) is 5.82 Å². The molecule has 9 heteroatoms. The molecule has 1 N–H and O–H groups in total. The van der Waals surface area contributed by atoms with Crippen LogP contribution in [0.4, 0.5) is 5.82 Å². The lowest BCUT2D eigenvalue weighted by atomic mass is 10.1. The summed E-state index contributed by atoms with van der Waals surface area (Å²) in [5, 5.41) is 7.66. The number of aromatic nitrogens is 3. The van der Waals surface area contributed by atoms with Gasteiger partial charge in [-0.25, -0.2) is 14.3 Å². The van der Waals surface area contributed by atoms with Crippen LogP contribution in [-0.2, 0) is 29.0 Å². The molecule has 9 nitrogen and oxygen atoms in total. The molecule has 0 saturated carbocycles. The van der Waals surface area contributed by atoms with E-state index < -0.39 is 11.6 Å². The van der Waals surface area contributed by atoms with Gasteiger partial charge in [-0.05, 0) is 70.6 Å². The van der Waals surface area contributed by atoms with Crippen molar-refractivity contribution in [2.24, 2.45) is 0 Å². The van der Waals surface area contributed by atoms with Gasteiger partial charge in [0.1, 0.15) is 5.75 Å². The third-order valence-electron chi connectivity index (χ3n) is 7.30. The normalized spacial score (nSPS) is 11.5. The molecule has 0 aliphatic rings. The van der Waals surface area contributed by atoms with Crippen molar-refractivity contribution in [3.63, 3.8) is 0 Å². The smallest absolute Gasteiger partial charge is 0.349 e. The Balaban J connectivity index is 1.98. The second kappa shape index (κ2) is 19.2. The minimum Gasteiger partial charge on any atom is -0.476 e. The minimum absolute atomic E-state index is 0.258. The molecule has 2 rings (SSSR count). The van der Waals surface area contributed by atoms with Crippen molar-refractivity contribution in [3.8, 4) is 5.75 Å². The molecule has 0 amide bonds. The molecule has 0 spiro atoms. The zero-order valence-corrected chi connectivity index (χ0v) is 26.7. The van der Waals surface area contributed by atoms with Crippen LogP contribution in [0, 0.1) is 0 Å². The van der Waals surface area contributed by atoms with Crippen molar-refractivity contribution < 1.29 is 14.3 Å². The predicted molar refractivity (Wildman–Crippen MR) is 169 cm³/mol. The van der Waals surface area contributed by atoms with Crippen molar-refractivity contribution in [1.82, 2.24) is 14.3 Å². The first-order valence-electron chi connectivity index (χ1n) is 16.1. The topological polar surface area (TPSA) is 104 Å². The molecule has 0 aliphatic carbocycles. The van der Waals surface area contributed by atoms with E-state index in [2.05, 4.69) is 24.3 Å². The summed E-state index contributed by atoms with van der Waals surface area (Å²) < 4.78 is 13.9. The molecule has 1 heterocycles. The summed E-state index contributed by atoms with van der Waals surface area (Å²) >= 11 is 0. The summed E-state index contributed by atoms with van der Waals surface area (Å²) in [5.41, 5.74) is -0.594. The van der Waals surface area contributed by atoms with Crippen LogP contribution in [0.15, 0.2) is 33.9 Å². The van der Waals surface area contributed by atoms with Crippen molar-refractivity contribution in [1.29, 1.82) is 0 Å². The van der Waals surface area contributed by atoms with Crippen LogP contribution in [0.5, 0.6) is 5.75 Å². The molecule has 0 unspecified atom stereocenters. The second-order valence-corrected chi connectivity index (χ2v) is 11.5. The Hall–Kier alpha value is -3.10. The molecule has 0 fully saturated rings. The summed E-state index contributed by atoms with van der Waals surface area (Å²) in [6.45, 7) is 11.4. The number of anilines is 1. The fourth-order valence-electron chi connectivity index (χ4n) is 4.82. The Morgan fingerprint density at radius 1 is 0.881 bits per heavy atom. The third kappa shape index (κ3) is 12.0. The summed E-state index contributed by atoms with van der Waals surface area (Å²) in [5.74, 6) is 0.488. The SMILES string of the molecule is CCCCCCCn1nc(NCCCCc2cccc(OC(C)(C)C(=O)OCC)c2)c(=O)n(CCCCCCC)c1=O. The minimum atomic E-state index is -1.07. The van der Waals surface area contributed by atoms with Crippen molar-refractivity contribution >= 4 is 11.8 Å². The number of carbonyl (C=O) groups excluding carboxylic acids is 1. The van der Waals surface area contributed by atoms with Crippen LogP contribution < -0.4 is 21.3 Å². The maximum absolute atomic E-state index is 13.2. The summed E-state index contributed by atoms with van der Waals surface area (Å²) in [7, 11) is 0. The van der Waals surface area contributed by atoms with E-state index in [1.54, 1.807) is 20.8 Å². The van der Waals surface area contributed by atoms with Gasteiger partial charge in [0.15, 0.2) is 5.60 Å². The largest absolute Gasteiger partial charge is 0.476 e. The molecule has 42 heavy (non-hydrogen) atoms. The number of hydrogen-bond donors (Lipinski definition) is 1. The second-order valence-electron chi connectivity index (χ2n) is 11.5. The number of carbonyl (C=O) groups is 1. The number of benzene rings is 1. The Bertz CT molecular complexity index is 1190. The van der Waals surface area contributed by atoms with Gasteiger partial charge in [-0.3, -0.25) is 9.36 Å². The first kappa shape index (κ1) is 35.1. The Labute approximate surface area is 252 Å². The lowest BCUT2D eigenvalue weighted by Crippen LogP contribution is -2.43. The average Bonchev–Trinajstić information content (AvgIpc) is 2.96. The molecule has 0 radical (unpaired) electrons. The van der Waals surface area contributed by atoms with Crippen LogP contribution in [-0.4, -0.2) is 39.1 Å². The average molecular weight is 587 g/mol. The zero-order chi connectivity index (χ0) is 30.8. The first-order chi connectivity index (χ1) is 20.2. The van der Waals surface area contributed by atoms with Crippen molar-refractivity contribution in [2.45, 2.75) is 137 Å². The Morgan fingerprint density at radius 3 is 2.21 bits per heavy atom. The highest BCUT2D eigenvalue weighted by molar-refractivity contribution is 5.79. The van der Waals surface area contributed by atoms with Gasteiger partial charge in [-0.15, -0.1) is 5.10 Å². The molecular formula is C33H54N4O5. The number of aryl methyl sites for hydroxylation is 2. The fraction of sp³-hybridized carbons (Fsp3) is 0.697. The number of rotatable bonds is 22. The molecule has 236 valence electrons. The summed E-state index contributed by atoms with van der Waals surface area (Å²) in [6, 6.07) is 7.75. The van der Waals surface area contributed by atoms with E-state index in [1.165, 1.54) is 28.5 Å². The predicted octanol–water partition coefficient (Wildman–Crippen LogP) is 6.50. The molecule has 0 saturated heterocycles. The van der Waals surface area contributed by atoms with Crippen LogP contribution >= 0.6 is 0 Å². The number of ether oxygens (including phenoxy) is 2. The van der Waals surface area contributed by atoms with Crippen LogP contribution in [0.1, 0.15) is 117 Å². The number of esters is 1. The van der Waals surface area contributed by atoms with E-state index in [0.717, 1.165) is 69.8 Å². The highest BCUT2D eigenvalue weighted by Gasteiger charge is 2.31. The van der Waals surface area contributed by atoms with E-state index in [0.29, 0.717) is 32.0 Å². The van der Waals surface area contributed by atoms with Gasteiger partial charge >= 0.3 is 11.7 Å². The third-order valence-corrected chi connectivity index (χ3v) is 7.30. The first-order valence-corrected chi connectivity index (χ1v) is 16.1. The lowest BCUT2D eigenvalue weighted by Gasteiger charge is -2.24. The van der Waals surface area contributed by atoms with Crippen molar-refractivity contribution in [2.75, 3.05) is 18.5 Å². The molecule has 0 atom stereocenters. The highest BCUT2D eigenvalue weighted by Crippen LogP contribution is 2.22. The van der Waals surface area contributed by atoms with Gasteiger partial charge in [0.05, 0.1) is 6.61 Å². The molecule has 0 bridgehead atoms. The Kier molecular flexibility index (Phi) is 16.0. The van der Waals surface area contributed by atoms with Crippen molar-refractivity contribution in [3.05, 3.63) is 50.7 Å². The van der Waals surface area contributed by atoms with Gasteiger partial charge in [0.25, 0.3) is 5.56 Å². The number of hydrogen-bond acceptors (Lipinski definition) is 7. The van der Waals surface area contributed by atoms with Gasteiger partial charge in [0, 0.05) is 19.6 Å². The quantitative estimate of drug-likeness (QED) is 0.124. The standard InChI is InChI=1S/C33H54N4O5/c1-6-9-11-13-17-24-36-30(38)29(35-37(32(36)40)25-18-14-12-10-7-2)34-23-16-15-20-27-21-19-22-28(26-27)42-33(4,5)31(39)41-8-3/h19,21-22,26H,6-18,20,23-25H2,1-5H3,(H,34,35). The summed E-state index contributed by atoms with van der Waals surface area (Å²) in [4.78, 5) is 38.5. The van der Waals surface area contributed by atoms with E-state index in [4.69, 9.17) is 9.47 Å². The molecule has 0 aliphatic heterocycles. The Morgan fingerprint density at radius 2 is 1.55 bits per heavy atom. The highest BCUT2D eigenvalue weighted by atomic mass is 16.6. The summed E-state index contributed by atoms with van der Waals surface area (Å²) in [6.07, 6.45) is 13.2. The lowest BCUT2D eigenvalue weighted by molar-refractivity contribution is -0.158. The van der Waals surface area contributed by atoms with Gasteiger partial charge < -0.3 is 14.8 Å².